The first-order chi connectivity index (χ1) is 13.4. The maximum atomic E-state index is 14.3. The zero-order valence-electron chi connectivity index (χ0n) is 15.5. The van der Waals surface area contributed by atoms with Gasteiger partial charge in [0.15, 0.2) is 5.78 Å². The average Bonchev–Trinajstić information content (AvgIpc) is 2.73. The molecule has 3 rings (SSSR count). The molecule has 0 aliphatic carbocycles. The second kappa shape index (κ2) is 8.47. The number of hydrogen-bond acceptors (Lipinski definition) is 2. The van der Waals surface area contributed by atoms with Crippen molar-refractivity contribution in [2.45, 2.75) is 13.0 Å². The summed E-state index contributed by atoms with van der Waals surface area (Å²) in [5.74, 6) is -0.611. The summed E-state index contributed by atoms with van der Waals surface area (Å²) in [6, 6.07) is 23.2. The number of nitrogens with one attached hydrogen (secondary N) is 1. The molecule has 1 unspecified atom stereocenters. The van der Waals surface area contributed by atoms with Crippen LogP contribution in [-0.2, 0) is 9.36 Å². The molecule has 3 aromatic carbocycles. The number of ketones is 1. The maximum Gasteiger partial charge on any atom is 0.205 e. The molecule has 0 fully saturated rings. The fourth-order valence-electron chi connectivity index (χ4n) is 2.97. The third-order valence-corrected chi connectivity index (χ3v) is 7.23. The Morgan fingerprint density at radius 3 is 1.79 bits per heavy atom. The number of halogens is 1. The van der Waals surface area contributed by atoms with Crippen LogP contribution < -0.4 is 15.7 Å². The third-order valence-electron chi connectivity index (χ3n) is 4.55. The Hall–Kier alpha value is -2.81. The summed E-state index contributed by atoms with van der Waals surface area (Å²) in [6.07, 6.45) is 0. The van der Waals surface area contributed by atoms with Crippen molar-refractivity contribution in [2.24, 2.45) is 0 Å². The topological polar surface area (TPSA) is 46.2 Å². The summed E-state index contributed by atoms with van der Waals surface area (Å²) >= 11 is 0. The van der Waals surface area contributed by atoms with Crippen molar-refractivity contribution in [3.05, 3.63) is 108 Å². The highest BCUT2D eigenvalue weighted by molar-refractivity contribution is 7.76. The van der Waals surface area contributed by atoms with Gasteiger partial charge in [0.1, 0.15) is 5.82 Å². The fraction of sp³-hybridized carbons (Fsp3) is 0.0870. The quantitative estimate of drug-likeness (QED) is 0.474. The van der Waals surface area contributed by atoms with Gasteiger partial charge in [0.25, 0.3) is 0 Å². The molecule has 0 heterocycles. The van der Waals surface area contributed by atoms with Gasteiger partial charge in [0, 0.05) is 16.2 Å². The maximum absolute atomic E-state index is 14.3. The van der Waals surface area contributed by atoms with Crippen molar-refractivity contribution in [3.8, 4) is 0 Å². The SMILES string of the molecule is C=C(C(C)=O)C(NP(=O)(c1ccccc1)c1ccccc1)c1ccc(F)cc1. The largest absolute Gasteiger partial charge is 0.296 e. The molecule has 3 aromatic rings. The number of carbonyl (C=O) groups excluding carboxylic acids is 1. The lowest BCUT2D eigenvalue weighted by atomic mass is 9.98. The zero-order valence-corrected chi connectivity index (χ0v) is 16.4. The van der Waals surface area contributed by atoms with Crippen molar-refractivity contribution in [1.29, 1.82) is 0 Å². The lowest BCUT2D eigenvalue weighted by Crippen LogP contribution is -2.32. The van der Waals surface area contributed by atoms with Crippen LogP contribution in [0.2, 0.25) is 0 Å². The van der Waals surface area contributed by atoms with Crippen LogP contribution in [0.4, 0.5) is 4.39 Å². The van der Waals surface area contributed by atoms with Gasteiger partial charge in [-0.05, 0) is 48.9 Å². The van der Waals surface area contributed by atoms with Crippen molar-refractivity contribution in [2.75, 3.05) is 0 Å². The van der Waals surface area contributed by atoms with Crippen LogP contribution in [-0.4, -0.2) is 5.78 Å². The van der Waals surface area contributed by atoms with E-state index in [9.17, 15) is 13.8 Å². The smallest absolute Gasteiger partial charge is 0.205 e. The number of carbonyl (C=O) groups is 1. The first kappa shape index (κ1) is 19.9. The third kappa shape index (κ3) is 4.19. The molecule has 0 amide bonds. The summed E-state index contributed by atoms with van der Waals surface area (Å²) in [4.78, 5) is 12.1. The second-order valence-electron chi connectivity index (χ2n) is 6.48. The molecule has 142 valence electrons. The van der Waals surface area contributed by atoms with Gasteiger partial charge < -0.3 is 0 Å². The monoisotopic (exact) mass is 393 g/mol. The standard InChI is InChI=1S/C23H21FNO2P/c1-17(18(2)26)23(19-13-15-20(24)16-14-19)25-28(27,21-9-5-3-6-10-21)22-11-7-4-8-12-22/h3-16,23H,1H2,2H3,(H,25,27). The number of rotatable bonds is 7. The summed E-state index contributed by atoms with van der Waals surface area (Å²) in [6.45, 7) is 5.31. The number of benzene rings is 3. The highest BCUT2D eigenvalue weighted by Gasteiger charge is 2.32. The van der Waals surface area contributed by atoms with Crippen molar-refractivity contribution < 1.29 is 13.8 Å². The summed E-state index contributed by atoms with van der Waals surface area (Å²) in [5.41, 5.74) is 0.882. The predicted octanol–water partition coefficient (Wildman–Crippen LogP) is 4.53. The van der Waals surface area contributed by atoms with E-state index in [1.807, 2.05) is 36.4 Å². The van der Waals surface area contributed by atoms with Gasteiger partial charge in [-0.3, -0.25) is 9.36 Å². The van der Waals surface area contributed by atoms with E-state index in [4.69, 9.17) is 0 Å². The Morgan fingerprint density at radius 1 is 0.893 bits per heavy atom. The van der Waals surface area contributed by atoms with Crippen molar-refractivity contribution in [3.63, 3.8) is 0 Å². The van der Waals surface area contributed by atoms with Crippen LogP contribution >= 0.6 is 7.29 Å². The Morgan fingerprint density at radius 2 is 1.36 bits per heavy atom. The minimum atomic E-state index is -3.31. The number of hydrogen-bond donors (Lipinski definition) is 1. The van der Waals surface area contributed by atoms with E-state index in [0.717, 1.165) is 0 Å². The van der Waals surface area contributed by atoms with Gasteiger partial charge in [-0.15, -0.1) is 0 Å². The molecule has 1 N–H and O–H groups in total. The lowest BCUT2D eigenvalue weighted by molar-refractivity contribution is -0.113. The molecule has 1 atom stereocenters. The Kier molecular flexibility index (Phi) is 6.03. The summed E-state index contributed by atoms with van der Waals surface area (Å²) in [7, 11) is -3.31. The van der Waals surface area contributed by atoms with Crippen molar-refractivity contribution in [1.82, 2.24) is 5.09 Å². The predicted molar refractivity (Wildman–Crippen MR) is 112 cm³/mol. The van der Waals surface area contributed by atoms with Gasteiger partial charge in [0.05, 0.1) is 6.04 Å². The van der Waals surface area contributed by atoms with Crippen LogP contribution in [0.5, 0.6) is 0 Å². The highest BCUT2D eigenvalue weighted by atomic mass is 31.2. The van der Waals surface area contributed by atoms with E-state index in [2.05, 4.69) is 11.7 Å². The molecule has 0 aliphatic heterocycles. The van der Waals surface area contributed by atoms with Crippen LogP contribution in [0.1, 0.15) is 18.5 Å². The van der Waals surface area contributed by atoms with Crippen molar-refractivity contribution >= 4 is 23.7 Å². The van der Waals surface area contributed by atoms with Crippen LogP contribution in [0, 0.1) is 5.82 Å². The van der Waals surface area contributed by atoms with Gasteiger partial charge in [-0.2, -0.15) is 0 Å². The van der Waals surface area contributed by atoms with E-state index >= 15 is 0 Å². The molecule has 0 spiro atoms. The van der Waals surface area contributed by atoms with E-state index in [-0.39, 0.29) is 17.2 Å². The van der Waals surface area contributed by atoms with E-state index in [1.54, 1.807) is 36.4 Å². The molecule has 3 nitrogen and oxygen atoms in total. The normalized spacial score (nSPS) is 12.4. The minimum absolute atomic E-state index is 0.227. The Balaban J connectivity index is 2.13. The minimum Gasteiger partial charge on any atom is -0.296 e. The van der Waals surface area contributed by atoms with Gasteiger partial charge in [-0.1, -0.05) is 55.1 Å². The van der Waals surface area contributed by atoms with E-state index in [1.165, 1.54) is 19.1 Å². The zero-order chi connectivity index (χ0) is 20.1. The first-order valence-electron chi connectivity index (χ1n) is 8.86. The molecule has 0 radical (unpaired) electrons. The van der Waals surface area contributed by atoms with Gasteiger partial charge in [-0.25, -0.2) is 9.48 Å². The molecular formula is C23H21FNO2P. The van der Waals surface area contributed by atoms with Gasteiger partial charge >= 0.3 is 0 Å². The molecule has 0 saturated heterocycles. The van der Waals surface area contributed by atoms with E-state index < -0.39 is 13.3 Å². The summed E-state index contributed by atoms with van der Waals surface area (Å²) in [5, 5.41) is 4.42. The fourth-order valence-corrected chi connectivity index (χ4v) is 5.42. The first-order valence-corrected chi connectivity index (χ1v) is 10.6. The van der Waals surface area contributed by atoms with Crippen LogP contribution in [0.25, 0.3) is 0 Å². The van der Waals surface area contributed by atoms with Crippen LogP contribution in [0.15, 0.2) is 97.1 Å². The van der Waals surface area contributed by atoms with Gasteiger partial charge in [0.2, 0.25) is 7.29 Å². The molecule has 5 heteroatoms. The summed E-state index contributed by atoms with van der Waals surface area (Å²) < 4.78 is 27.7. The number of Topliss-reactive ketones (excluding diaryl/α,β-unsaturated/α-hetero) is 1. The molecule has 28 heavy (non-hydrogen) atoms. The Labute approximate surface area is 164 Å². The molecule has 0 bridgehead atoms. The molecule has 0 saturated carbocycles. The second-order valence-corrected chi connectivity index (χ2v) is 8.98. The lowest BCUT2D eigenvalue weighted by Gasteiger charge is -2.28. The molecular weight excluding hydrogens is 372 g/mol. The molecule has 0 aromatic heterocycles. The Bertz CT molecular complexity index is 974. The average molecular weight is 393 g/mol. The highest BCUT2D eigenvalue weighted by Crippen LogP contribution is 2.43. The van der Waals surface area contributed by atoms with E-state index in [0.29, 0.717) is 16.2 Å². The van der Waals surface area contributed by atoms with Crippen LogP contribution in [0.3, 0.4) is 0 Å². The molecule has 0 aliphatic rings.